The first-order valence-electron chi connectivity index (χ1n) is 9.74. The van der Waals surface area contributed by atoms with Gasteiger partial charge in [-0.05, 0) is 56.2 Å². The molecule has 1 aromatic carbocycles. The summed E-state index contributed by atoms with van der Waals surface area (Å²) in [6.45, 7) is 3.46. The predicted molar refractivity (Wildman–Crippen MR) is 100 cm³/mol. The zero-order valence-corrected chi connectivity index (χ0v) is 15.4. The Bertz CT molecular complexity index is 554. The van der Waals surface area contributed by atoms with Crippen molar-refractivity contribution in [2.75, 3.05) is 31.7 Å². The molecule has 0 unspecified atom stereocenters. The molecule has 6 nitrogen and oxygen atoms in total. The maximum atomic E-state index is 12.0. The van der Waals surface area contributed by atoms with E-state index in [1.165, 1.54) is 6.42 Å². The summed E-state index contributed by atoms with van der Waals surface area (Å²) in [6, 6.07) is 7.58. The fraction of sp³-hybridized carbons (Fsp3) is 0.650. The standard InChI is InChI=1S/C20H30N2O4/c23-20(21-10-9-18-8-4-12-25-18)22-17-6-3-5-16(13-17)14-24-15-19-7-1-2-11-26-19/h3,5-6,13,18-19H,1-2,4,7-12,14-15H2,(H2,21,22,23)/t18-,19-/m1/s1. The van der Waals surface area contributed by atoms with E-state index < -0.39 is 0 Å². The van der Waals surface area contributed by atoms with Crippen LogP contribution in [0.1, 0.15) is 44.1 Å². The molecule has 1 aromatic rings. The van der Waals surface area contributed by atoms with E-state index in [9.17, 15) is 4.79 Å². The summed E-state index contributed by atoms with van der Waals surface area (Å²) in [6.07, 6.45) is 7.05. The fourth-order valence-electron chi connectivity index (χ4n) is 3.38. The second-order valence-electron chi connectivity index (χ2n) is 7.01. The van der Waals surface area contributed by atoms with Gasteiger partial charge in [0.1, 0.15) is 0 Å². The monoisotopic (exact) mass is 362 g/mol. The molecular formula is C20H30N2O4. The maximum absolute atomic E-state index is 12.0. The number of hydrogen-bond acceptors (Lipinski definition) is 4. The summed E-state index contributed by atoms with van der Waals surface area (Å²) in [4.78, 5) is 12.0. The number of amides is 2. The number of anilines is 1. The minimum absolute atomic E-state index is 0.184. The van der Waals surface area contributed by atoms with Gasteiger partial charge >= 0.3 is 6.03 Å². The first-order valence-corrected chi connectivity index (χ1v) is 9.74. The van der Waals surface area contributed by atoms with Gasteiger partial charge in [-0.1, -0.05) is 12.1 Å². The normalized spacial score (nSPS) is 22.9. The minimum Gasteiger partial charge on any atom is -0.378 e. The average Bonchev–Trinajstić information content (AvgIpc) is 3.16. The van der Waals surface area contributed by atoms with Gasteiger partial charge < -0.3 is 24.8 Å². The van der Waals surface area contributed by atoms with Crippen LogP contribution in [-0.4, -0.2) is 44.6 Å². The minimum atomic E-state index is -0.184. The Morgan fingerprint density at radius 2 is 1.96 bits per heavy atom. The molecule has 2 fully saturated rings. The smallest absolute Gasteiger partial charge is 0.319 e. The third-order valence-corrected chi connectivity index (χ3v) is 4.81. The van der Waals surface area contributed by atoms with Crippen molar-refractivity contribution in [3.05, 3.63) is 29.8 Å². The van der Waals surface area contributed by atoms with E-state index in [1.807, 2.05) is 24.3 Å². The number of ether oxygens (including phenoxy) is 3. The number of urea groups is 1. The Kier molecular flexibility index (Phi) is 7.73. The highest BCUT2D eigenvalue weighted by Gasteiger charge is 2.15. The van der Waals surface area contributed by atoms with Gasteiger partial charge in [0.2, 0.25) is 0 Å². The molecule has 2 saturated heterocycles. The number of hydrogen-bond donors (Lipinski definition) is 2. The van der Waals surface area contributed by atoms with Gasteiger partial charge in [0, 0.05) is 25.4 Å². The van der Waals surface area contributed by atoms with Crippen molar-refractivity contribution in [2.45, 2.75) is 57.3 Å². The summed E-state index contributed by atoms with van der Waals surface area (Å²) >= 11 is 0. The van der Waals surface area contributed by atoms with Gasteiger partial charge in [0.05, 0.1) is 25.4 Å². The molecule has 144 valence electrons. The summed E-state index contributed by atoms with van der Waals surface area (Å²) in [7, 11) is 0. The SMILES string of the molecule is O=C(NCC[C@H]1CCCO1)Nc1cccc(COC[C@H]2CCCCO2)c1. The van der Waals surface area contributed by atoms with Crippen molar-refractivity contribution < 1.29 is 19.0 Å². The Hall–Kier alpha value is -1.63. The first-order chi connectivity index (χ1) is 12.8. The summed E-state index contributed by atoms with van der Waals surface area (Å²) in [5.74, 6) is 0. The molecule has 3 rings (SSSR count). The molecule has 0 aromatic heterocycles. The van der Waals surface area contributed by atoms with E-state index in [4.69, 9.17) is 14.2 Å². The van der Waals surface area contributed by atoms with Crippen molar-refractivity contribution in [3.8, 4) is 0 Å². The number of nitrogens with one attached hydrogen (secondary N) is 2. The van der Waals surface area contributed by atoms with Crippen LogP contribution < -0.4 is 10.6 Å². The van der Waals surface area contributed by atoms with E-state index in [0.29, 0.717) is 25.9 Å². The Morgan fingerprint density at radius 1 is 1.12 bits per heavy atom. The van der Waals surface area contributed by atoms with E-state index in [-0.39, 0.29) is 12.1 Å². The van der Waals surface area contributed by atoms with Gasteiger partial charge in [-0.3, -0.25) is 0 Å². The molecule has 0 spiro atoms. The molecule has 2 N–H and O–H groups in total. The molecule has 26 heavy (non-hydrogen) atoms. The highest BCUT2D eigenvalue weighted by molar-refractivity contribution is 5.89. The van der Waals surface area contributed by atoms with Crippen LogP contribution in [0, 0.1) is 0 Å². The molecule has 2 atom stereocenters. The van der Waals surface area contributed by atoms with E-state index in [0.717, 1.165) is 56.6 Å². The van der Waals surface area contributed by atoms with Gasteiger partial charge in [0.25, 0.3) is 0 Å². The maximum Gasteiger partial charge on any atom is 0.319 e. The quantitative estimate of drug-likeness (QED) is 0.743. The molecule has 0 radical (unpaired) electrons. The molecule has 0 saturated carbocycles. The molecular weight excluding hydrogens is 332 g/mol. The Balaban J connectivity index is 1.35. The van der Waals surface area contributed by atoms with Crippen LogP contribution in [0.3, 0.4) is 0 Å². The zero-order chi connectivity index (χ0) is 18.0. The zero-order valence-electron chi connectivity index (χ0n) is 15.4. The van der Waals surface area contributed by atoms with Crippen molar-refractivity contribution in [1.82, 2.24) is 5.32 Å². The molecule has 0 bridgehead atoms. The fourth-order valence-corrected chi connectivity index (χ4v) is 3.38. The van der Waals surface area contributed by atoms with E-state index >= 15 is 0 Å². The van der Waals surface area contributed by atoms with Gasteiger partial charge in [-0.25, -0.2) is 4.79 Å². The molecule has 2 amide bonds. The average molecular weight is 362 g/mol. The molecule has 2 aliphatic rings. The number of benzene rings is 1. The largest absolute Gasteiger partial charge is 0.378 e. The van der Waals surface area contributed by atoms with Crippen LogP contribution in [0.25, 0.3) is 0 Å². The van der Waals surface area contributed by atoms with Gasteiger partial charge in [0.15, 0.2) is 0 Å². The lowest BCUT2D eigenvalue weighted by Gasteiger charge is -2.22. The van der Waals surface area contributed by atoms with Crippen LogP contribution >= 0.6 is 0 Å². The molecule has 0 aliphatic carbocycles. The van der Waals surface area contributed by atoms with E-state index in [2.05, 4.69) is 10.6 Å². The third-order valence-electron chi connectivity index (χ3n) is 4.81. The van der Waals surface area contributed by atoms with Crippen LogP contribution in [-0.2, 0) is 20.8 Å². The highest BCUT2D eigenvalue weighted by Crippen LogP contribution is 2.16. The third kappa shape index (κ3) is 6.59. The van der Waals surface area contributed by atoms with Crippen LogP contribution in [0.5, 0.6) is 0 Å². The molecule has 2 aliphatic heterocycles. The van der Waals surface area contributed by atoms with E-state index in [1.54, 1.807) is 0 Å². The van der Waals surface area contributed by atoms with Crippen molar-refractivity contribution in [2.24, 2.45) is 0 Å². The number of carbonyl (C=O) groups excluding carboxylic acids is 1. The van der Waals surface area contributed by atoms with Gasteiger partial charge in [-0.2, -0.15) is 0 Å². The van der Waals surface area contributed by atoms with Gasteiger partial charge in [-0.15, -0.1) is 0 Å². The van der Waals surface area contributed by atoms with Crippen molar-refractivity contribution >= 4 is 11.7 Å². The second-order valence-corrected chi connectivity index (χ2v) is 7.01. The van der Waals surface area contributed by atoms with Crippen LogP contribution in [0.4, 0.5) is 10.5 Å². The summed E-state index contributed by atoms with van der Waals surface area (Å²) < 4.78 is 17.0. The molecule has 2 heterocycles. The Labute approximate surface area is 155 Å². The Morgan fingerprint density at radius 3 is 2.77 bits per heavy atom. The molecule has 6 heteroatoms. The first kappa shape index (κ1) is 19.1. The topological polar surface area (TPSA) is 68.8 Å². The second kappa shape index (κ2) is 10.5. The lowest BCUT2D eigenvalue weighted by Crippen LogP contribution is -2.31. The summed E-state index contributed by atoms with van der Waals surface area (Å²) in [5.41, 5.74) is 1.81. The highest BCUT2D eigenvalue weighted by atomic mass is 16.5. The van der Waals surface area contributed by atoms with Crippen LogP contribution in [0.15, 0.2) is 24.3 Å². The van der Waals surface area contributed by atoms with Crippen molar-refractivity contribution in [3.63, 3.8) is 0 Å². The lowest BCUT2D eigenvalue weighted by molar-refractivity contribution is -0.0447. The van der Waals surface area contributed by atoms with Crippen LogP contribution in [0.2, 0.25) is 0 Å². The number of carbonyl (C=O) groups is 1. The predicted octanol–water partition coefficient (Wildman–Crippen LogP) is 3.46. The summed E-state index contributed by atoms with van der Waals surface area (Å²) in [5, 5.41) is 5.76. The lowest BCUT2D eigenvalue weighted by atomic mass is 10.1. The number of rotatable bonds is 8. The van der Waals surface area contributed by atoms with Crippen molar-refractivity contribution in [1.29, 1.82) is 0 Å².